The topological polar surface area (TPSA) is 25.2 Å². The number of aromatic nitrogens is 1. The van der Waals surface area contributed by atoms with Crippen molar-refractivity contribution in [2.45, 2.75) is 58.8 Å². The molecule has 0 saturated carbocycles. The summed E-state index contributed by atoms with van der Waals surface area (Å²) in [5.74, 6) is 0.469. The van der Waals surface area contributed by atoms with Crippen molar-refractivity contribution in [2.75, 3.05) is 0 Å². The third-order valence-electron chi connectivity index (χ3n) is 13.5. The van der Waals surface area contributed by atoms with Crippen LogP contribution in [0.3, 0.4) is 0 Å². The van der Waals surface area contributed by atoms with E-state index in [1.807, 2.05) is 12.2 Å². The molecular weight excluding hydrogens is 761 g/mol. The molecule has 0 N–H and O–H groups in total. The van der Waals surface area contributed by atoms with E-state index in [1.165, 1.54) is 88.0 Å². The van der Waals surface area contributed by atoms with E-state index < -0.39 is 0 Å². The van der Waals surface area contributed by atoms with Gasteiger partial charge in [-0.1, -0.05) is 173 Å². The summed E-state index contributed by atoms with van der Waals surface area (Å²) in [4.78, 5) is 9.95. The predicted octanol–water partition coefficient (Wildman–Crippen LogP) is 16.8. The standard InChI is InChI=1S/C61H52N2/c1-6-8-12-47-27-20-43(41(5)59(47)39(3)7-2)17-16-40(4)42-18-21-44(22-19-42)50-30-33-54-55-34-31-51(38-57(55)53-15-10-9-14-52(53)56(54)37-50)45-23-25-46(26-24-45)58-35-32-49-29-28-48-13-11-36-62-60(48)61(49)63-58/h6,8-10,12,14-27,30-39H,1,4,7,11,13,28-29H2,2-3,5H3/b12-8-,17-16-. The van der Waals surface area contributed by atoms with Crippen LogP contribution in [0.5, 0.6) is 0 Å². The zero-order valence-corrected chi connectivity index (χ0v) is 36.6. The molecule has 0 amide bonds. The fraction of sp³-hybridized carbons (Fsp3) is 0.148. The van der Waals surface area contributed by atoms with Crippen LogP contribution in [0.2, 0.25) is 0 Å². The van der Waals surface area contributed by atoms with Gasteiger partial charge >= 0.3 is 0 Å². The van der Waals surface area contributed by atoms with Crippen LogP contribution in [0, 0.1) is 6.92 Å². The number of aryl methyl sites for hydroxylation is 1. The molecule has 0 saturated heterocycles. The summed E-state index contributed by atoms with van der Waals surface area (Å²) in [6.07, 6.45) is 17.8. The van der Waals surface area contributed by atoms with Gasteiger partial charge in [0.25, 0.3) is 0 Å². The second-order valence-corrected chi connectivity index (χ2v) is 17.3. The van der Waals surface area contributed by atoms with Gasteiger partial charge in [0.05, 0.1) is 17.1 Å². The number of aliphatic imine (C=N–C) groups is 1. The van der Waals surface area contributed by atoms with Crippen molar-refractivity contribution in [1.82, 2.24) is 4.98 Å². The maximum absolute atomic E-state index is 5.16. The Balaban J connectivity index is 0.919. The average Bonchev–Trinajstić information content (AvgIpc) is 3.34. The first-order chi connectivity index (χ1) is 30.9. The second kappa shape index (κ2) is 17.0. The largest absolute Gasteiger partial charge is 0.259 e. The van der Waals surface area contributed by atoms with E-state index >= 15 is 0 Å². The molecule has 0 spiro atoms. The molecule has 2 aliphatic rings. The van der Waals surface area contributed by atoms with Gasteiger partial charge < -0.3 is 0 Å². The highest BCUT2D eigenvalue weighted by atomic mass is 14.8. The minimum absolute atomic E-state index is 0.469. The highest BCUT2D eigenvalue weighted by Crippen LogP contribution is 2.40. The summed E-state index contributed by atoms with van der Waals surface area (Å²) in [5, 5.41) is 7.59. The van der Waals surface area contributed by atoms with E-state index in [2.05, 4.69) is 192 Å². The molecule has 1 unspecified atom stereocenters. The number of allylic oxidation sites excluding steroid dienone is 5. The van der Waals surface area contributed by atoms with Crippen molar-refractivity contribution in [3.63, 3.8) is 0 Å². The van der Waals surface area contributed by atoms with Gasteiger partial charge in [0.2, 0.25) is 0 Å². The van der Waals surface area contributed by atoms with Gasteiger partial charge in [-0.2, -0.15) is 0 Å². The van der Waals surface area contributed by atoms with Crippen molar-refractivity contribution in [3.05, 3.63) is 209 Å². The monoisotopic (exact) mass is 812 g/mol. The van der Waals surface area contributed by atoms with Crippen LogP contribution in [0.4, 0.5) is 0 Å². The van der Waals surface area contributed by atoms with E-state index in [9.17, 15) is 0 Å². The van der Waals surface area contributed by atoms with Gasteiger partial charge in [-0.25, -0.2) is 4.98 Å². The zero-order valence-electron chi connectivity index (χ0n) is 36.6. The Morgan fingerprint density at radius 3 is 1.94 bits per heavy atom. The molecule has 0 radical (unpaired) electrons. The van der Waals surface area contributed by atoms with Crippen LogP contribution < -0.4 is 0 Å². The maximum Gasteiger partial charge on any atom is 0.0925 e. The van der Waals surface area contributed by atoms with Gasteiger partial charge in [-0.15, -0.1) is 0 Å². The lowest BCUT2D eigenvalue weighted by Crippen LogP contribution is -2.09. The van der Waals surface area contributed by atoms with Crippen molar-refractivity contribution in [3.8, 4) is 33.5 Å². The van der Waals surface area contributed by atoms with Crippen LogP contribution in [0.1, 0.15) is 84.5 Å². The highest BCUT2D eigenvalue weighted by molar-refractivity contribution is 6.26. The lowest BCUT2D eigenvalue weighted by Gasteiger charge is -2.22. The first-order valence-corrected chi connectivity index (χ1v) is 22.5. The van der Waals surface area contributed by atoms with Crippen LogP contribution in [0.25, 0.3) is 89.3 Å². The minimum Gasteiger partial charge on any atom is -0.259 e. The van der Waals surface area contributed by atoms with Gasteiger partial charge in [0, 0.05) is 11.8 Å². The summed E-state index contributed by atoms with van der Waals surface area (Å²) in [5.41, 5.74) is 19.2. The molecule has 8 aromatic rings. The number of hydrogen-bond donors (Lipinski definition) is 0. The number of pyridine rings is 1. The van der Waals surface area contributed by atoms with E-state index in [4.69, 9.17) is 9.98 Å². The second-order valence-electron chi connectivity index (χ2n) is 17.3. The Labute approximate surface area is 372 Å². The fourth-order valence-electron chi connectivity index (χ4n) is 9.85. The van der Waals surface area contributed by atoms with E-state index in [-0.39, 0.29) is 0 Å². The van der Waals surface area contributed by atoms with Crippen LogP contribution in [-0.4, -0.2) is 11.2 Å². The molecule has 1 aliphatic carbocycles. The normalized spacial score (nSPS) is 14.2. The first-order valence-electron chi connectivity index (χ1n) is 22.5. The molecule has 1 atom stereocenters. The molecule has 306 valence electrons. The number of nitrogens with zero attached hydrogens (tertiary/aromatic N) is 2. The summed E-state index contributed by atoms with van der Waals surface area (Å²) < 4.78 is 0. The molecule has 7 aromatic carbocycles. The summed E-state index contributed by atoms with van der Waals surface area (Å²) >= 11 is 0. The molecule has 10 rings (SSSR count). The summed E-state index contributed by atoms with van der Waals surface area (Å²) in [6, 6.07) is 49.4. The Kier molecular flexibility index (Phi) is 10.7. The third-order valence-corrected chi connectivity index (χ3v) is 13.5. The van der Waals surface area contributed by atoms with Crippen molar-refractivity contribution < 1.29 is 0 Å². The van der Waals surface area contributed by atoms with Gasteiger partial charge in [0.1, 0.15) is 0 Å². The molecular formula is C61H52N2. The number of fused-ring (bicyclic) bond motifs is 8. The van der Waals surface area contributed by atoms with Crippen molar-refractivity contribution in [1.29, 1.82) is 0 Å². The minimum atomic E-state index is 0.469. The Morgan fingerprint density at radius 2 is 1.27 bits per heavy atom. The Hall–Kier alpha value is -7.16. The molecule has 2 nitrogen and oxygen atoms in total. The quantitative estimate of drug-likeness (QED) is 0.0997. The Morgan fingerprint density at radius 1 is 0.651 bits per heavy atom. The summed E-state index contributed by atoms with van der Waals surface area (Å²) in [6.45, 7) is 15.1. The van der Waals surface area contributed by atoms with E-state index in [0.29, 0.717) is 5.92 Å². The molecule has 63 heavy (non-hydrogen) atoms. The van der Waals surface area contributed by atoms with Crippen molar-refractivity contribution in [2.24, 2.45) is 4.99 Å². The average molecular weight is 813 g/mol. The molecule has 1 aliphatic heterocycles. The number of rotatable bonds is 10. The van der Waals surface area contributed by atoms with E-state index in [1.54, 1.807) is 0 Å². The molecule has 2 heterocycles. The van der Waals surface area contributed by atoms with E-state index in [0.717, 1.165) is 65.9 Å². The van der Waals surface area contributed by atoms with Crippen LogP contribution in [-0.2, 0) is 6.42 Å². The SMILES string of the molecule is C=C/C=C\c1ccc(/C=C\C(=C)c2ccc(-c3ccc4c5ccc(-c6ccc(-c7ccc8c(n7)C7=C(CCC=N7)CC8)cc6)cc5c5ccccc5c4c3)cc2)c(C)c1C(C)CC. The molecule has 1 aromatic heterocycles. The van der Waals surface area contributed by atoms with Gasteiger partial charge in [-0.05, 0) is 162 Å². The number of benzene rings is 7. The molecule has 2 heteroatoms. The lowest BCUT2D eigenvalue weighted by atomic mass is 9.86. The fourth-order valence-corrected chi connectivity index (χ4v) is 9.85. The lowest BCUT2D eigenvalue weighted by molar-refractivity contribution is 0.726. The molecule has 0 bridgehead atoms. The maximum atomic E-state index is 5.16. The van der Waals surface area contributed by atoms with Gasteiger partial charge in [0.15, 0.2) is 0 Å². The highest BCUT2D eigenvalue weighted by Gasteiger charge is 2.22. The zero-order chi connectivity index (χ0) is 43.0. The summed E-state index contributed by atoms with van der Waals surface area (Å²) in [7, 11) is 0. The first kappa shape index (κ1) is 39.9. The third kappa shape index (κ3) is 7.50. The van der Waals surface area contributed by atoms with Gasteiger partial charge in [-0.3, -0.25) is 4.99 Å². The Bertz CT molecular complexity index is 3220. The molecule has 0 fully saturated rings. The smallest absolute Gasteiger partial charge is 0.0925 e. The predicted molar refractivity (Wildman–Crippen MR) is 273 cm³/mol. The van der Waals surface area contributed by atoms with Crippen LogP contribution >= 0.6 is 0 Å². The van der Waals surface area contributed by atoms with Crippen molar-refractivity contribution >= 4 is 62.0 Å². The van der Waals surface area contributed by atoms with Crippen LogP contribution in [0.15, 0.2) is 175 Å². The number of hydrogen-bond acceptors (Lipinski definition) is 2.